The Morgan fingerprint density at radius 1 is 1.27 bits per heavy atom. The summed E-state index contributed by atoms with van der Waals surface area (Å²) in [5.74, 6) is 0.697. The van der Waals surface area contributed by atoms with E-state index in [0.29, 0.717) is 5.82 Å². The van der Waals surface area contributed by atoms with Crippen molar-refractivity contribution in [3.05, 3.63) is 30.9 Å². The molecule has 0 fully saturated rings. The van der Waals surface area contributed by atoms with E-state index in [1.54, 1.807) is 11.0 Å². The number of hydrogen-bond acceptors (Lipinski definition) is 4. The average Bonchev–Trinajstić information content (AvgIpc) is 2.84. The van der Waals surface area contributed by atoms with Crippen LogP contribution < -0.4 is 0 Å². The first kappa shape index (κ1) is 8.16. The topological polar surface area (TPSA) is 56.7 Å². The van der Waals surface area contributed by atoms with Crippen molar-refractivity contribution in [2.24, 2.45) is 7.05 Å². The minimum atomic E-state index is 0.697. The van der Waals surface area contributed by atoms with Crippen LogP contribution in [0.25, 0.3) is 22.5 Å². The molecule has 3 rings (SSSR count). The van der Waals surface area contributed by atoms with Crippen molar-refractivity contribution >= 4 is 11.1 Å². The van der Waals surface area contributed by atoms with Gasteiger partial charge in [0.15, 0.2) is 17.8 Å². The van der Waals surface area contributed by atoms with Gasteiger partial charge in [0, 0.05) is 12.6 Å². The standard InChI is InChI=1S/C10H8N4O/c1-14-5-11-10(13-14)7-2-3-9-8(4-7)12-6-15-9/h2-6H,1H3. The molecule has 0 amide bonds. The number of aryl methyl sites for hydroxylation is 1. The summed E-state index contributed by atoms with van der Waals surface area (Å²) in [5, 5.41) is 4.22. The molecular formula is C10H8N4O. The highest BCUT2D eigenvalue weighted by Gasteiger charge is 2.05. The third-order valence-corrected chi connectivity index (χ3v) is 2.19. The fourth-order valence-corrected chi connectivity index (χ4v) is 1.47. The highest BCUT2D eigenvalue weighted by molar-refractivity contribution is 5.78. The van der Waals surface area contributed by atoms with Crippen LogP contribution in [0.5, 0.6) is 0 Å². The molecule has 0 aliphatic heterocycles. The lowest BCUT2D eigenvalue weighted by atomic mass is 10.2. The number of hydrogen-bond donors (Lipinski definition) is 0. The van der Waals surface area contributed by atoms with E-state index in [1.165, 1.54) is 6.39 Å². The Labute approximate surface area is 85.4 Å². The first-order valence-corrected chi connectivity index (χ1v) is 4.52. The van der Waals surface area contributed by atoms with Gasteiger partial charge in [0.25, 0.3) is 0 Å². The van der Waals surface area contributed by atoms with E-state index in [1.807, 2.05) is 25.2 Å². The van der Waals surface area contributed by atoms with Crippen LogP contribution in [0.15, 0.2) is 35.3 Å². The van der Waals surface area contributed by atoms with Gasteiger partial charge in [-0.25, -0.2) is 9.97 Å². The molecule has 0 saturated carbocycles. The van der Waals surface area contributed by atoms with Gasteiger partial charge in [0.2, 0.25) is 0 Å². The van der Waals surface area contributed by atoms with Crippen LogP contribution in [0.2, 0.25) is 0 Å². The Morgan fingerprint density at radius 2 is 2.20 bits per heavy atom. The lowest BCUT2D eigenvalue weighted by Gasteiger charge is -1.93. The second kappa shape index (κ2) is 2.91. The van der Waals surface area contributed by atoms with Crippen molar-refractivity contribution in [2.45, 2.75) is 0 Å². The molecule has 15 heavy (non-hydrogen) atoms. The van der Waals surface area contributed by atoms with Gasteiger partial charge in [-0.2, -0.15) is 5.10 Å². The van der Waals surface area contributed by atoms with E-state index in [0.717, 1.165) is 16.7 Å². The number of nitrogens with zero attached hydrogens (tertiary/aromatic N) is 4. The van der Waals surface area contributed by atoms with Gasteiger partial charge >= 0.3 is 0 Å². The molecule has 5 nitrogen and oxygen atoms in total. The molecule has 0 N–H and O–H groups in total. The molecule has 2 heterocycles. The molecule has 2 aromatic heterocycles. The third-order valence-electron chi connectivity index (χ3n) is 2.19. The predicted octanol–water partition coefficient (Wildman–Crippen LogP) is 1.62. The lowest BCUT2D eigenvalue weighted by Crippen LogP contribution is -1.87. The fourth-order valence-electron chi connectivity index (χ4n) is 1.47. The Kier molecular flexibility index (Phi) is 1.58. The highest BCUT2D eigenvalue weighted by Crippen LogP contribution is 2.20. The summed E-state index contributed by atoms with van der Waals surface area (Å²) in [6.45, 7) is 0. The van der Waals surface area contributed by atoms with Crippen LogP contribution in [-0.4, -0.2) is 19.7 Å². The van der Waals surface area contributed by atoms with Gasteiger partial charge in [-0.1, -0.05) is 0 Å². The molecule has 0 aliphatic rings. The van der Waals surface area contributed by atoms with Crippen LogP contribution >= 0.6 is 0 Å². The molecule has 0 saturated heterocycles. The van der Waals surface area contributed by atoms with Gasteiger partial charge in [-0.15, -0.1) is 0 Å². The van der Waals surface area contributed by atoms with Crippen LogP contribution in [0, 0.1) is 0 Å². The Bertz CT molecular complexity index is 610. The summed E-state index contributed by atoms with van der Waals surface area (Å²) in [7, 11) is 1.84. The molecular weight excluding hydrogens is 192 g/mol. The number of oxazole rings is 1. The molecule has 0 aliphatic carbocycles. The SMILES string of the molecule is Cn1cnc(-c2ccc3ocnc3c2)n1. The second-order valence-electron chi connectivity index (χ2n) is 3.28. The maximum Gasteiger partial charge on any atom is 0.181 e. The van der Waals surface area contributed by atoms with Crippen LogP contribution in [0.1, 0.15) is 0 Å². The highest BCUT2D eigenvalue weighted by atomic mass is 16.3. The van der Waals surface area contributed by atoms with Crippen molar-refractivity contribution in [1.82, 2.24) is 19.7 Å². The lowest BCUT2D eigenvalue weighted by molar-refractivity contribution is 0.602. The zero-order valence-corrected chi connectivity index (χ0v) is 8.08. The monoisotopic (exact) mass is 200 g/mol. The van der Waals surface area contributed by atoms with Crippen LogP contribution in [0.3, 0.4) is 0 Å². The van der Waals surface area contributed by atoms with E-state index < -0.39 is 0 Å². The molecule has 1 aromatic carbocycles. The summed E-state index contributed by atoms with van der Waals surface area (Å²) >= 11 is 0. The smallest absolute Gasteiger partial charge is 0.181 e. The summed E-state index contributed by atoms with van der Waals surface area (Å²) in [4.78, 5) is 8.25. The molecule has 74 valence electrons. The summed E-state index contributed by atoms with van der Waals surface area (Å²) < 4.78 is 6.83. The van der Waals surface area contributed by atoms with Crippen molar-refractivity contribution in [3.8, 4) is 11.4 Å². The molecule has 0 unspecified atom stereocenters. The number of fused-ring (bicyclic) bond motifs is 1. The van der Waals surface area contributed by atoms with Crippen molar-refractivity contribution in [3.63, 3.8) is 0 Å². The van der Waals surface area contributed by atoms with Crippen molar-refractivity contribution in [1.29, 1.82) is 0 Å². The van der Waals surface area contributed by atoms with Gasteiger partial charge in [0.05, 0.1) is 0 Å². The molecule has 0 spiro atoms. The third kappa shape index (κ3) is 1.28. The van der Waals surface area contributed by atoms with Gasteiger partial charge in [0.1, 0.15) is 11.8 Å². The number of benzene rings is 1. The normalized spacial score (nSPS) is 11.0. The largest absolute Gasteiger partial charge is 0.443 e. The van der Waals surface area contributed by atoms with E-state index in [4.69, 9.17) is 4.42 Å². The fraction of sp³-hybridized carbons (Fsp3) is 0.100. The summed E-state index contributed by atoms with van der Waals surface area (Å²) in [6.07, 6.45) is 3.10. The molecule has 5 heteroatoms. The first-order chi connectivity index (χ1) is 7.33. The average molecular weight is 200 g/mol. The predicted molar refractivity (Wildman–Crippen MR) is 54.0 cm³/mol. The molecule has 0 atom stereocenters. The Morgan fingerprint density at radius 3 is 3.00 bits per heavy atom. The van der Waals surface area contributed by atoms with Crippen molar-refractivity contribution in [2.75, 3.05) is 0 Å². The van der Waals surface area contributed by atoms with Gasteiger partial charge < -0.3 is 4.42 Å². The van der Waals surface area contributed by atoms with Crippen LogP contribution in [-0.2, 0) is 7.05 Å². The van der Waals surface area contributed by atoms with E-state index >= 15 is 0 Å². The van der Waals surface area contributed by atoms with E-state index in [9.17, 15) is 0 Å². The molecule has 0 radical (unpaired) electrons. The number of aromatic nitrogens is 4. The van der Waals surface area contributed by atoms with Gasteiger partial charge in [-0.05, 0) is 18.2 Å². The Hall–Kier alpha value is -2.17. The second-order valence-corrected chi connectivity index (χ2v) is 3.28. The molecule has 0 bridgehead atoms. The Balaban J connectivity index is 2.18. The molecule has 3 aromatic rings. The van der Waals surface area contributed by atoms with E-state index in [-0.39, 0.29) is 0 Å². The quantitative estimate of drug-likeness (QED) is 0.599. The first-order valence-electron chi connectivity index (χ1n) is 4.52. The minimum absolute atomic E-state index is 0.697. The van der Waals surface area contributed by atoms with Crippen molar-refractivity contribution < 1.29 is 4.42 Å². The zero-order valence-electron chi connectivity index (χ0n) is 8.08. The zero-order chi connectivity index (χ0) is 10.3. The summed E-state index contributed by atoms with van der Waals surface area (Å²) in [5.41, 5.74) is 2.53. The maximum absolute atomic E-state index is 5.16. The number of rotatable bonds is 1. The summed E-state index contributed by atoms with van der Waals surface area (Å²) in [6, 6.07) is 5.70. The van der Waals surface area contributed by atoms with Crippen LogP contribution in [0.4, 0.5) is 0 Å². The maximum atomic E-state index is 5.16. The van der Waals surface area contributed by atoms with Gasteiger partial charge in [-0.3, -0.25) is 4.68 Å². The van der Waals surface area contributed by atoms with E-state index in [2.05, 4.69) is 15.1 Å². The minimum Gasteiger partial charge on any atom is -0.443 e.